The van der Waals surface area contributed by atoms with E-state index < -0.39 is 0 Å². The quantitative estimate of drug-likeness (QED) is 0.590. The second-order valence-electron chi connectivity index (χ2n) is 6.99. The van der Waals surface area contributed by atoms with E-state index in [1.54, 1.807) is 14.2 Å². The van der Waals surface area contributed by atoms with Crippen LogP contribution in [0.4, 0.5) is 5.82 Å². The smallest absolute Gasteiger partial charge is 0.189 e. The molecule has 0 saturated carbocycles. The second kappa shape index (κ2) is 8.62. The van der Waals surface area contributed by atoms with Crippen LogP contribution in [0, 0.1) is 27.7 Å². The summed E-state index contributed by atoms with van der Waals surface area (Å²) in [7, 11) is 3.38. The minimum Gasteiger partial charge on any atom is -0.383 e. The number of aryl methyl sites for hydroxylation is 4. The molecule has 0 saturated heterocycles. The molecule has 150 valence electrons. The van der Waals surface area contributed by atoms with E-state index in [0.717, 1.165) is 22.6 Å². The van der Waals surface area contributed by atoms with Crippen molar-refractivity contribution in [2.75, 3.05) is 45.4 Å². The molecule has 0 fully saturated rings. The van der Waals surface area contributed by atoms with E-state index >= 15 is 0 Å². The van der Waals surface area contributed by atoms with Gasteiger partial charge in [0.1, 0.15) is 5.82 Å². The van der Waals surface area contributed by atoms with Gasteiger partial charge >= 0.3 is 0 Å². The van der Waals surface area contributed by atoms with Gasteiger partial charge in [0, 0.05) is 27.3 Å². The lowest BCUT2D eigenvalue weighted by Gasteiger charge is -2.23. The lowest BCUT2D eigenvalue weighted by atomic mass is 10.1. The van der Waals surface area contributed by atoms with Crippen molar-refractivity contribution in [3.63, 3.8) is 0 Å². The van der Waals surface area contributed by atoms with E-state index in [1.807, 2.05) is 11.6 Å². The second-order valence-corrected chi connectivity index (χ2v) is 6.99. The van der Waals surface area contributed by atoms with Crippen LogP contribution in [0.25, 0.3) is 16.9 Å². The Morgan fingerprint density at radius 1 is 0.929 bits per heavy atom. The van der Waals surface area contributed by atoms with E-state index in [0.29, 0.717) is 43.3 Å². The maximum Gasteiger partial charge on any atom is 0.189 e. The van der Waals surface area contributed by atoms with Crippen LogP contribution in [0.15, 0.2) is 12.1 Å². The number of benzene rings is 1. The summed E-state index contributed by atoms with van der Waals surface area (Å²) in [4.78, 5) is 11.4. The number of methoxy groups -OCH3 is 2. The Balaban J connectivity index is 2.15. The molecule has 2 heterocycles. The summed E-state index contributed by atoms with van der Waals surface area (Å²) < 4.78 is 12.4. The number of hydrogen-bond donors (Lipinski definition) is 0. The number of aromatic nitrogens is 5. The van der Waals surface area contributed by atoms with Crippen molar-refractivity contribution in [2.24, 2.45) is 0 Å². The van der Waals surface area contributed by atoms with Gasteiger partial charge in [-0.1, -0.05) is 22.9 Å². The summed E-state index contributed by atoms with van der Waals surface area (Å²) in [5.74, 6) is 1.43. The highest BCUT2D eigenvalue weighted by atomic mass is 16.5. The number of nitrogens with zero attached hydrogens (tertiary/aromatic N) is 6. The minimum absolute atomic E-state index is 0.582. The third kappa shape index (κ3) is 3.98. The van der Waals surface area contributed by atoms with Gasteiger partial charge in [-0.3, -0.25) is 0 Å². The molecule has 28 heavy (non-hydrogen) atoms. The predicted molar refractivity (Wildman–Crippen MR) is 109 cm³/mol. The molecule has 0 atom stereocenters. The van der Waals surface area contributed by atoms with E-state index in [-0.39, 0.29) is 0 Å². The molecule has 0 aliphatic rings. The van der Waals surface area contributed by atoms with Crippen LogP contribution >= 0.6 is 0 Å². The maximum absolute atomic E-state index is 5.27. The largest absolute Gasteiger partial charge is 0.383 e. The third-order valence-corrected chi connectivity index (χ3v) is 4.67. The first kappa shape index (κ1) is 20.2. The van der Waals surface area contributed by atoms with Crippen molar-refractivity contribution in [3.8, 4) is 5.69 Å². The molecular formula is C20H28N6O2. The first-order valence-electron chi connectivity index (χ1n) is 9.37. The summed E-state index contributed by atoms with van der Waals surface area (Å²) in [6.45, 7) is 10.7. The van der Waals surface area contributed by atoms with Crippen LogP contribution in [0.3, 0.4) is 0 Å². The van der Waals surface area contributed by atoms with Crippen LogP contribution in [-0.2, 0) is 9.47 Å². The van der Waals surface area contributed by atoms with Gasteiger partial charge in [0.15, 0.2) is 17.0 Å². The maximum atomic E-state index is 5.27. The van der Waals surface area contributed by atoms with Crippen molar-refractivity contribution >= 4 is 17.0 Å². The van der Waals surface area contributed by atoms with Crippen molar-refractivity contribution in [2.45, 2.75) is 27.7 Å². The van der Waals surface area contributed by atoms with Crippen LogP contribution in [-0.4, -0.2) is 65.5 Å². The van der Waals surface area contributed by atoms with Gasteiger partial charge in [0.25, 0.3) is 0 Å². The SMILES string of the molecule is COCCN(CCOC)c1nc(C)nc2c1nnn2-c1c(C)cc(C)cc1C. The van der Waals surface area contributed by atoms with E-state index in [1.165, 1.54) is 5.56 Å². The third-order valence-electron chi connectivity index (χ3n) is 4.67. The van der Waals surface area contributed by atoms with Crippen LogP contribution in [0.5, 0.6) is 0 Å². The van der Waals surface area contributed by atoms with E-state index in [2.05, 4.69) is 58.1 Å². The zero-order chi connectivity index (χ0) is 20.3. The molecule has 0 aliphatic carbocycles. The molecule has 8 nitrogen and oxygen atoms in total. The topological polar surface area (TPSA) is 78.2 Å². The zero-order valence-electron chi connectivity index (χ0n) is 17.5. The van der Waals surface area contributed by atoms with Gasteiger partial charge < -0.3 is 14.4 Å². The molecule has 2 aromatic heterocycles. The highest BCUT2D eigenvalue weighted by Crippen LogP contribution is 2.27. The number of rotatable bonds is 8. The summed E-state index contributed by atoms with van der Waals surface area (Å²) in [6.07, 6.45) is 0. The highest BCUT2D eigenvalue weighted by Gasteiger charge is 2.20. The Hall–Kier alpha value is -2.58. The number of ether oxygens (including phenoxy) is 2. The molecule has 0 aliphatic heterocycles. The van der Waals surface area contributed by atoms with Crippen molar-refractivity contribution in [1.29, 1.82) is 0 Å². The van der Waals surface area contributed by atoms with Crippen LogP contribution in [0.1, 0.15) is 22.5 Å². The fourth-order valence-corrected chi connectivity index (χ4v) is 3.51. The van der Waals surface area contributed by atoms with Crippen molar-refractivity contribution in [3.05, 3.63) is 34.6 Å². The molecule has 0 radical (unpaired) electrons. The van der Waals surface area contributed by atoms with Crippen LogP contribution in [0.2, 0.25) is 0 Å². The number of fused-ring (bicyclic) bond motifs is 1. The molecule has 0 unspecified atom stereocenters. The summed E-state index contributed by atoms with van der Waals surface area (Å²) >= 11 is 0. The average Bonchev–Trinajstić information content (AvgIpc) is 3.04. The Bertz CT molecular complexity index is 938. The van der Waals surface area contributed by atoms with Crippen molar-refractivity contribution in [1.82, 2.24) is 25.0 Å². The molecule has 0 spiro atoms. The monoisotopic (exact) mass is 384 g/mol. The van der Waals surface area contributed by atoms with Gasteiger partial charge in [-0.25, -0.2) is 9.97 Å². The van der Waals surface area contributed by atoms with E-state index in [9.17, 15) is 0 Å². The normalized spacial score (nSPS) is 11.4. The molecule has 8 heteroatoms. The van der Waals surface area contributed by atoms with E-state index in [4.69, 9.17) is 9.47 Å². The molecule has 0 N–H and O–H groups in total. The lowest BCUT2D eigenvalue weighted by molar-refractivity contribution is 0.190. The molecule has 0 amide bonds. The molecule has 3 aromatic rings. The van der Waals surface area contributed by atoms with Gasteiger partial charge in [-0.15, -0.1) is 5.10 Å². The fourth-order valence-electron chi connectivity index (χ4n) is 3.51. The van der Waals surface area contributed by atoms with Gasteiger partial charge in [-0.2, -0.15) is 4.68 Å². The molecular weight excluding hydrogens is 356 g/mol. The first-order chi connectivity index (χ1) is 13.5. The molecule has 0 bridgehead atoms. The van der Waals surface area contributed by atoms with Crippen LogP contribution < -0.4 is 4.90 Å². The minimum atomic E-state index is 0.582. The first-order valence-corrected chi connectivity index (χ1v) is 9.37. The Morgan fingerprint density at radius 2 is 1.54 bits per heavy atom. The Morgan fingerprint density at radius 3 is 2.11 bits per heavy atom. The average molecular weight is 384 g/mol. The fraction of sp³-hybridized carbons (Fsp3) is 0.500. The predicted octanol–water partition coefficient (Wildman–Crippen LogP) is 2.54. The summed E-state index contributed by atoms with van der Waals surface area (Å²) in [6, 6.07) is 4.29. The van der Waals surface area contributed by atoms with Crippen molar-refractivity contribution < 1.29 is 9.47 Å². The Labute approximate surface area is 165 Å². The molecule has 3 rings (SSSR count). The highest BCUT2D eigenvalue weighted by molar-refractivity contribution is 5.84. The van der Waals surface area contributed by atoms with Gasteiger partial charge in [0.2, 0.25) is 0 Å². The summed E-state index contributed by atoms with van der Waals surface area (Å²) in [5.41, 5.74) is 5.89. The standard InChI is InChI=1S/C20H28N6O2/c1-13-11-14(2)18(15(3)12-13)26-20-17(23-24-26)19(21-16(4)22-20)25(7-9-27-5)8-10-28-6/h11-12H,7-10H2,1-6H3. The van der Waals surface area contributed by atoms with Gasteiger partial charge in [0.05, 0.1) is 18.9 Å². The zero-order valence-corrected chi connectivity index (χ0v) is 17.5. The lowest BCUT2D eigenvalue weighted by Crippen LogP contribution is -2.32. The Kier molecular flexibility index (Phi) is 6.21. The van der Waals surface area contributed by atoms with Gasteiger partial charge in [-0.05, 0) is 38.8 Å². The summed E-state index contributed by atoms with van der Waals surface area (Å²) in [5, 5.41) is 8.88. The molecule has 1 aromatic carbocycles. The number of anilines is 1. The number of hydrogen-bond acceptors (Lipinski definition) is 7.